The Hall–Kier alpha value is -1.47. The van der Waals surface area contributed by atoms with Crippen LogP contribution in [0.25, 0.3) is 0 Å². The Bertz CT molecular complexity index is 303. The Morgan fingerprint density at radius 1 is 1.53 bits per heavy atom. The number of hydrogen-bond acceptors (Lipinski definition) is 5. The van der Waals surface area contributed by atoms with Crippen molar-refractivity contribution in [3.8, 4) is 0 Å². The number of aromatic amines is 1. The normalized spacial score (nSPS) is 10.4. The number of carbonyl (C=O) groups is 1. The van der Waals surface area contributed by atoms with Crippen molar-refractivity contribution in [2.24, 2.45) is 0 Å². The summed E-state index contributed by atoms with van der Waals surface area (Å²) in [7, 11) is 1.59. The Morgan fingerprint density at radius 3 is 3.12 bits per heavy atom. The molecule has 7 heteroatoms. The first-order valence-electron chi connectivity index (χ1n) is 5.50. The quantitative estimate of drug-likeness (QED) is 0.571. The molecule has 0 radical (unpaired) electrons. The molecular formula is C10H18N4O3. The van der Waals surface area contributed by atoms with Gasteiger partial charge in [-0.05, 0) is 6.42 Å². The van der Waals surface area contributed by atoms with Crippen LogP contribution in [0, 0.1) is 0 Å². The van der Waals surface area contributed by atoms with Gasteiger partial charge >= 0.3 is 0 Å². The monoisotopic (exact) mass is 242 g/mol. The summed E-state index contributed by atoms with van der Waals surface area (Å²) in [5.41, 5.74) is 0. The first kappa shape index (κ1) is 13.6. The molecule has 0 spiro atoms. The van der Waals surface area contributed by atoms with Gasteiger partial charge in [-0.1, -0.05) is 0 Å². The summed E-state index contributed by atoms with van der Waals surface area (Å²) in [6, 6.07) is 0. The van der Waals surface area contributed by atoms with Crippen LogP contribution < -0.4 is 5.32 Å². The van der Waals surface area contributed by atoms with Crippen molar-refractivity contribution in [2.45, 2.75) is 12.8 Å². The van der Waals surface area contributed by atoms with Gasteiger partial charge in [0.25, 0.3) is 0 Å². The zero-order valence-corrected chi connectivity index (χ0v) is 9.94. The highest BCUT2D eigenvalue weighted by Gasteiger charge is 2.01. The predicted octanol–water partition coefficient (Wildman–Crippen LogP) is -0.483. The molecule has 17 heavy (non-hydrogen) atoms. The number of rotatable bonds is 9. The van der Waals surface area contributed by atoms with Crippen LogP contribution in [-0.4, -0.2) is 54.6 Å². The molecule has 0 aliphatic rings. The average molecular weight is 242 g/mol. The van der Waals surface area contributed by atoms with Gasteiger partial charge in [-0.3, -0.25) is 9.89 Å². The molecule has 0 aliphatic carbocycles. The van der Waals surface area contributed by atoms with Gasteiger partial charge in [0, 0.05) is 20.1 Å². The van der Waals surface area contributed by atoms with E-state index in [1.54, 1.807) is 7.11 Å². The van der Waals surface area contributed by atoms with Gasteiger partial charge in [-0.25, -0.2) is 4.98 Å². The van der Waals surface area contributed by atoms with Crippen LogP contribution in [0.1, 0.15) is 12.2 Å². The van der Waals surface area contributed by atoms with E-state index >= 15 is 0 Å². The Balaban J connectivity index is 1.93. The summed E-state index contributed by atoms with van der Waals surface area (Å²) in [5, 5.41) is 9.26. The van der Waals surface area contributed by atoms with E-state index in [1.807, 2.05) is 0 Å². The zero-order valence-electron chi connectivity index (χ0n) is 9.94. The summed E-state index contributed by atoms with van der Waals surface area (Å²) in [5.74, 6) is 0.717. The largest absolute Gasteiger partial charge is 0.382 e. The number of nitrogens with one attached hydrogen (secondary N) is 2. The van der Waals surface area contributed by atoms with E-state index in [-0.39, 0.29) is 12.5 Å². The molecule has 0 aromatic carbocycles. The number of aromatic nitrogens is 3. The second-order valence-electron chi connectivity index (χ2n) is 3.43. The molecule has 1 heterocycles. The molecule has 1 rings (SSSR count). The topological polar surface area (TPSA) is 89.1 Å². The smallest absolute Gasteiger partial charge is 0.245 e. The highest BCUT2D eigenvalue weighted by Crippen LogP contribution is 1.91. The first-order chi connectivity index (χ1) is 8.33. The van der Waals surface area contributed by atoms with E-state index < -0.39 is 0 Å². The third-order valence-corrected chi connectivity index (χ3v) is 2.04. The van der Waals surface area contributed by atoms with Gasteiger partial charge in [0.15, 0.2) is 0 Å². The Kier molecular flexibility index (Phi) is 6.92. The van der Waals surface area contributed by atoms with Gasteiger partial charge in [-0.15, -0.1) is 0 Å². The van der Waals surface area contributed by atoms with E-state index in [2.05, 4.69) is 20.5 Å². The lowest BCUT2D eigenvalue weighted by atomic mass is 10.3. The molecule has 0 bridgehead atoms. The molecule has 0 fully saturated rings. The van der Waals surface area contributed by atoms with E-state index in [0.29, 0.717) is 19.8 Å². The number of aryl methyl sites for hydroxylation is 1. The lowest BCUT2D eigenvalue weighted by Gasteiger charge is -2.05. The van der Waals surface area contributed by atoms with E-state index in [4.69, 9.17) is 9.47 Å². The third-order valence-electron chi connectivity index (χ3n) is 2.04. The second kappa shape index (κ2) is 8.66. The van der Waals surface area contributed by atoms with Crippen molar-refractivity contribution in [1.29, 1.82) is 0 Å². The highest BCUT2D eigenvalue weighted by molar-refractivity contribution is 5.77. The number of hydrogen-bond donors (Lipinski definition) is 2. The summed E-state index contributed by atoms with van der Waals surface area (Å²) in [6.45, 7) is 1.61. The van der Waals surface area contributed by atoms with E-state index in [0.717, 1.165) is 18.7 Å². The number of nitrogens with zero attached hydrogens (tertiary/aromatic N) is 2. The van der Waals surface area contributed by atoms with Crippen molar-refractivity contribution >= 4 is 5.91 Å². The molecule has 2 N–H and O–H groups in total. The molecule has 1 aromatic heterocycles. The van der Waals surface area contributed by atoms with Crippen LogP contribution in [0.5, 0.6) is 0 Å². The maximum Gasteiger partial charge on any atom is 0.245 e. The second-order valence-corrected chi connectivity index (χ2v) is 3.43. The minimum absolute atomic E-state index is 0.0751. The molecule has 1 amide bonds. The molecular weight excluding hydrogens is 224 g/mol. The lowest BCUT2D eigenvalue weighted by molar-refractivity contribution is -0.126. The zero-order chi connectivity index (χ0) is 12.3. The highest BCUT2D eigenvalue weighted by atomic mass is 16.5. The molecule has 0 aliphatic heterocycles. The summed E-state index contributed by atoms with van der Waals surface area (Å²) < 4.78 is 9.86. The van der Waals surface area contributed by atoms with Gasteiger partial charge < -0.3 is 14.8 Å². The van der Waals surface area contributed by atoms with Gasteiger partial charge in [0.05, 0.1) is 13.2 Å². The molecule has 96 valence electrons. The van der Waals surface area contributed by atoms with Crippen molar-refractivity contribution in [1.82, 2.24) is 20.5 Å². The van der Waals surface area contributed by atoms with Crippen LogP contribution in [0.3, 0.4) is 0 Å². The molecule has 0 atom stereocenters. The number of H-pyrrole nitrogens is 1. The van der Waals surface area contributed by atoms with Gasteiger partial charge in [0.2, 0.25) is 5.91 Å². The van der Waals surface area contributed by atoms with Gasteiger partial charge in [0.1, 0.15) is 18.8 Å². The fraction of sp³-hybridized carbons (Fsp3) is 0.700. The van der Waals surface area contributed by atoms with Crippen LogP contribution >= 0.6 is 0 Å². The van der Waals surface area contributed by atoms with Crippen LogP contribution in [0.15, 0.2) is 6.33 Å². The van der Waals surface area contributed by atoms with E-state index in [9.17, 15) is 4.79 Å². The third kappa shape index (κ3) is 6.64. The first-order valence-corrected chi connectivity index (χ1v) is 5.50. The fourth-order valence-electron chi connectivity index (χ4n) is 1.19. The average Bonchev–Trinajstić information content (AvgIpc) is 2.83. The Labute approximate surface area is 99.9 Å². The summed E-state index contributed by atoms with van der Waals surface area (Å²) >= 11 is 0. The van der Waals surface area contributed by atoms with Crippen molar-refractivity contribution in [2.75, 3.05) is 33.5 Å². The number of carbonyl (C=O) groups excluding carboxylic acids is 1. The summed E-state index contributed by atoms with van der Waals surface area (Å²) in [4.78, 5) is 15.2. The maximum absolute atomic E-state index is 11.3. The maximum atomic E-state index is 11.3. The molecule has 7 nitrogen and oxygen atoms in total. The number of amides is 1. The van der Waals surface area contributed by atoms with Crippen LogP contribution in [-0.2, 0) is 20.7 Å². The van der Waals surface area contributed by atoms with Crippen LogP contribution in [0.4, 0.5) is 0 Å². The van der Waals surface area contributed by atoms with E-state index in [1.165, 1.54) is 6.33 Å². The molecule has 1 aromatic rings. The van der Waals surface area contributed by atoms with Gasteiger partial charge in [-0.2, -0.15) is 5.10 Å². The standard InChI is InChI=1S/C10H18N4O3/c1-16-5-6-17-7-10(15)11-4-2-3-9-12-8-13-14-9/h8H,2-7H2,1H3,(H,11,15)(H,12,13,14). The van der Waals surface area contributed by atoms with Crippen molar-refractivity contribution in [3.05, 3.63) is 12.2 Å². The molecule has 0 saturated heterocycles. The van der Waals surface area contributed by atoms with Crippen molar-refractivity contribution in [3.63, 3.8) is 0 Å². The van der Waals surface area contributed by atoms with Crippen LogP contribution in [0.2, 0.25) is 0 Å². The minimum atomic E-state index is -0.112. The van der Waals surface area contributed by atoms with Crippen molar-refractivity contribution < 1.29 is 14.3 Å². The minimum Gasteiger partial charge on any atom is -0.382 e. The number of methoxy groups -OCH3 is 1. The summed E-state index contributed by atoms with van der Waals surface area (Å²) in [6.07, 6.45) is 3.06. The Morgan fingerprint density at radius 2 is 2.41 bits per heavy atom. The predicted molar refractivity (Wildman–Crippen MR) is 60.4 cm³/mol. The molecule has 0 unspecified atom stereocenters. The molecule has 0 saturated carbocycles. The lowest BCUT2D eigenvalue weighted by Crippen LogP contribution is -2.29. The number of ether oxygens (including phenoxy) is 2. The SMILES string of the molecule is COCCOCC(=O)NCCCc1ncn[nH]1. The fourth-order valence-corrected chi connectivity index (χ4v) is 1.19.